The maximum Gasteiger partial charge on any atom is 0.259 e. The molecule has 7 nitrogen and oxygen atoms in total. The van der Waals surface area contributed by atoms with Gasteiger partial charge in [0.25, 0.3) is 5.56 Å². The van der Waals surface area contributed by atoms with Crippen LogP contribution in [0.5, 0.6) is 0 Å². The topological polar surface area (TPSA) is 101 Å². The molecule has 0 aliphatic carbocycles. The van der Waals surface area contributed by atoms with Gasteiger partial charge >= 0.3 is 0 Å². The predicted octanol–water partition coefficient (Wildman–Crippen LogP) is 4.06. The standard InChI is InChI=1S/C21H21N5O2S3/c1-11-12(2)31-21-18(11)20(28)25-16(26-21)10-29-13(3)19(27)23-8-17-24-15(9-30-17)14-4-6-22-7-5-14/h4-7,9,13H,8,10H2,1-3H3,(H,23,27)(H,25,26,28). The van der Waals surface area contributed by atoms with E-state index in [1.165, 1.54) is 34.4 Å². The first-order chi connectivity index (χ1) is 14.9. The summed E-state index contributed by atoms with van der Waals surface area (Å²) in [5, 5.41) is 6.13. The van der Waals surface area contributed by atoms with Crippen LogP contribution in [-0.2, 0) is 17.1 Å². The summed E-state index contributed by atoms with van der Waals surface area (Å²) in [7, 11) is 0. The van der Waals surface area contributed by atoms with E-state index in [0.717, 1.165) is 31.5 Å². The SMILES string of the molecule is Cc1sc2nc(CSC(C)C(=O)NCc3nc(-c4ccncc4)cs3)[nH]c(=O)c2c1C. The molecular formula is C21H21N5O2S3. The lowest BCUT2D eigenvalue weighted by atomic mass is 10.2. The first-order valence-electron chi connectivity index (χ1n) is 9.65. The van der Waals surface area contributed by atoms with Crippen molar-refractivity contribution in [2.75, 3.05) is 0 Å². The van der Waals surface area contributed by atoms with Crippen LogP contribution in [-0.4, -0.2) is 31.1 Å². The molecule has 1 unspecified atom stereocenters. The van der Waals surface area contributed by atoms with Crippen molar-refractivity contribution in [2.45, 2.75) is 38.3 Å². The molecule has 10 heteroatoms. The third-order valence-corrected chi connectivity index (χ3v) is 7.97. The maximum absolute atomic E-state index is 12.5. The van der Waals surface area contributed by atoms with Crippen LogP contribution in [0.1, 0.15) is 28.2 Å². The summed E-state index contributed by atoms with van der Waals surface area (Å²) in [6.07, 6.45) is 3.46. The van der Waals surface area contributed by atoms with Gasteiger partial charge < -0.3 is 10.3 Å². The molecule has 0 saturated carbocycles. The van der Waals surface area contributed by atoms with Gasteiger partial charge in [-0.05, 0) is 38.5 Å². The fourth-order valence-corrected chi connectivity index (χ4v) is 5.57. The summed E-state index contributed by atoms with van der Waals surface area (Å²) in [5.41, 5.74) is 2.74. The van der Waals surface area contributed by atoms with Crippen LogP contribution < -0.4 is 10.9 Å². The zero-order valence-electron chi connectivity index (χ0n) is 17.3. The van der Waals surface area contributed by atoms with Crippen molar-refractivity contribution >= 4 is 50.6 Å². The van der Waals surface area contributed by atoms with Gasteiger partial charge in [0.05, 0.1) is 28.6 Å². The zero-order valence-corrected chi connectivity index (χ0v) is 19.7. The Morgan fingerprint density at radius 1 is 1.26 bits per heavy atom. The van der Waals surface area contributed by atoms with Gasteiger partial charge in [0.15, 0.2) is 0 Å². The number of amides is 1. The highest BCUT2D eigenvalue weighted by Crippen LogP contribution is 2.26. The van der Waals surface area contributed by atoms with Gasteiger partial charge in [-0.3, -0.25) is 14.6 Å². The van der Waals surface area contributed by atoms with Crippen LogP contribution in [0.3, 0.4) is 0 Å². The molecule has 0 bridgehead atoms. The van der Waals surface area contributed by atoms with E-state index in [-0.39, 0.29) is 16.7 Å². The number of carbonyl (C=O) groups excluding carboxylic acids is 1. The van der Waals surface area contributed by atoms with Crippen molar-refractivity contribution in [3.63, 3.8) is 0 Å². The van der Waals surface area contributed by atoms with E-state index in [4.69, 9.17) is 0 Å². The lowest BCUT2D eigenvalue weighted by Crippen LogP contribution is -2.30. The second-order valence-electron chi connectivity index (χ2n) is 7.01. The molecular weight excluding hydrogens is 450 g/mol. The third-order valence-electron chi connectivity index (χ3n) is 4.87. The molecule has 0 aromatic carbocycles. The summed E-state index contributed by atoms with van der Waals surface area (Å²) in [6.45, 7) is 6.16. The molecule has 160 valence electrons. The summed E-state index contributed by atoms with van der Waals surface area (Å²) in [6, 6.07) is 3.81. The van der Waals surface area contributed by atoms with Crippen LogP contribution in [0.4, 0.5) is 0 Å². The minimum atomic E-state index is -0.285. The number of pyridine rings is 1. The number of thioether (sulfide) groups is 1. The number of aromatic amines is 1. The number of rotatable bonds is 7. The second-order valence-corrected chi connectivity index (χ2v) is 10.5. The Balaban J connectivity index is 1.33. The van der Waals surface area contributed by atoms with E-state index >= 15 is 0 Å². The first kappa shape index (κ1) is 21.7. The molecule has 0 aliphatic rings. The number of aryl methyl sites for hydroxylation is 2. The van der Waals surface area contributed by atoms with Crippen LogP contribution in [0, 0.1) is 13.8 Å². The highest BCUT2D eigenvalue weighted by atomic mass is 32.2. The number of nitrogens with one attached hydrogen (secondary N) is 2. The van der Waals surface area contributed by atoms with E-state index in [1.807, 2.05) is 38.3 Å². The summed E-state index contributed by atoms with van der Waals surface area (Å²) in [5.74, 6) is 0.973. The van der Waals surface area contributed by atoms with Crippen LogP contribution in [0.15, 0.2) is 34.7 Å². The Morgan fingerprint density at radius 2 is 2.03 bits per heavy atom. The van der Waals surface area contributed by atoms with Crippen molar-refractivity contribution in [1.82, 2.24) is 25.3 Å². The molecule has 0 spiro atoms. The van der Waals surface area contributed by atoms with Crippen molar-refractivity contribution in [1.29, 1.82) is 0 Å². The molecule has 0 radical (unpaired) electrons. The van der Waals surface area contributed by atoms with E-state index in [0.29, 0.717) is 23.5 Å². The predicted molar refractivity (Wildman–Crippen MR) is 128 cm³/mol. The zero-order chi connectivity index (χ0) is 22.0. The maximum atomic E-state index is 12.5. The molecule has 31 heavy (non-hydrogen) atoms. The number of thiophene rings is 1. The molecule has 4 aromatic heterocycles. The summed E-state index contributed by atoms with van der Waals surface area (Å²) < 4.78 is 0. The Morgan fingerprint density at radius 3 is 2.81 bits per heavy atom. The fourth-order valence-electron chi connectivity index (χ4n) is 3.00. The number of fused-ring (bicyclic) bond motifs is 1. The number of H-pyrrole nitrogens is 1. The van der Waals surface area contributed by atoms with Gasteiger partial charge in [0.1, 0.15) is 15.7 Å². The van der Waals surface area contributed by atoms with Crippen LogP contribution in [0.25, 0.3) is 21.5 Å². The molecule has 4 heterocycles. The number of thiazole rings is 1. The van der Waals surface area contributed by atoms with Gasteiger partial charge in [-0.25, -0.2) is 9.97 Å². The lowest BCUT2D eigenvalue weighted by Gasteiger charge is -2.11. The molecule has 4 aromatic rings. The molecule has 0 saturated heterocycles. The number of aromatic nitrogens is 4. The number of nitrogens with zero attached hydrogens (tertiary/aromatic N) is 3. The molecule has 1 amide bonds. The van der Waals surface area contributed by atoms with Gasteiger partial charge in [-0.2, -0.15) is 0 Å². The highest BCUT2D eigenvalue weighted by Gasteiger charge is 2.16. The molecule has 1 atom stereocenters. The van der Waals surface area contributed by atoms with Crippen molar-refractivity contribution in [3.8, 4) is 11.3 Å². The molecule has 4 rings (SSSR count). The second kappa shape index (κ2) is 9.29. The van der Waals surface area contributed by atoms with E-state index in [9.17, 15) is 9.59 Å². The minimum absolute atomic E-state index is 0.0723. The number of hydrogen-bond donors (Lipinski definition) is 2. The van der Waals surface area contributed by atoms with Crippen LogP contribution >= 0.6 is 34.4 Å². The van der Waals surface area contributed by atoms with Crippen LogP contribution in [0.2, 0.25) is 0 Å². The Kier molecular flexibility index (Phi) is 6.49. The van der Waals surface area contributed by atoms with Gasteiger partial charge in [0.2, 0.25) is 5.91 Å². The third kappa shape index (κ3) is 4.86. The number of carbonyl (C=O) groups is 1. The first-order valence-corrected chi connectivity index (χ1v) is 12.4. The molecule has 0 fully saturated rings. The lowest BCUT2D eigenvalue weighted by molar-refractivity contribution is -0.120. The van der Waals surface area contributed by atoms with Crippen molar-refractivity contribution < 1.29 is 4.79 Å². The fraction of sp³-hybridized carbons (Fsp3) is 0.286. The van der Waals surface area contributed by atoms with Gasteiger partial charge in [0, 0.05) is 28.2 Å². The summed E-state index contributed by atoms with van der Waals surface area (Å²) in [4.78, 5) is 42.7. The Labute approximate surface area is 191 Å². The average Bonchev–Trinajstić information content (AvgIpc) is 3.35. The quantitative estimate of drug-likeness (QED) is 0.422. The van der Waals surface area contributed by atoms with E-state index < -0.39 is 0 Å². The molecule has 0 aliphatic heterocycles. The summed E-state index contributed by atoms with van der Waals surface area (Å²) >= 11 is 4.48. The Bertz CT molecular complexity index is 1280. The highest BCUT2D eigenvalue weighted by molar-refractivity contribution is 7.99. The smallest absolute Gasteiger partial charge is 0.259 e. The monoisotopic (exact) mass is 471 g/mol. The minimum Gasteiger partial charge on any atom is -0.349 e. The van der Waals surface area contributed by atoms with Gasteiger partial charge in [-0.1, -0.05) is 0 Å². The normalized spacial score (nSPS) is 12.2. The van der Waals surface area contributed by atoms with E-state index in [1.54, 1.807) is 12.4 Å². The van der Waals surface area contributed by atoms with Crippen molar-refractivity contribution in [3.05, 3.63) is 61.5 Å². The largest absolute Gasteiger partial charge is 0.349 e. The average molecular weight is 472 g/mol. The number of hydrogen-bond acceptors (Lipinski definition) is 8. The van der Waals surface area contributed by atoms with E-state index in [2.05, 4.69) is 25.3 Å². The van der Waals surface area contributed by atoms with Crippen molar-refractivity contribution in [2.24, 2.45) is 0 Å². The molecule has 2 N–H and O–H groups in total. The Hall–Kier alpha value is -2.56. The van der Waals surface area contributed by atoms with Gasteiger partial charge in [-0.15, -0.1) is 34.4 Å².